The molecule has 2 aromatic heterocycles. The fourth-order valence-electron chi connectivity index (χ4n) is 2.85. The van der Waals surface area contributed by atoms with Crippen molar-refractivity contribution in [3.63, 3.8) is 0 Å². The first kappa shape index (κ1) is 16.2. The van der Waals surface area contributed by atoms with Gasteiger partial charge in [0.1, 0.15) is 5.69 Å². The maximum atomic E-state index is 12.5. The summed E-state index contributed by atoms with van der Waals surface area (Å²) in [6.07, 6.45) is 4.30. The van der Waals surface area contributed by atoms with Crippen LogP contribution in [0.1, 0.15) is 35.3 Å². The number of aryl methyl sites for hydroxylation is 2. The fraction of sp³-hybridized carbons (Fsp3) is 0.529. The number of hydrogen-bond donors (Lipinski definition) is 1. The van der Waals surface area contributed by atoms with Gasteiger partial charge >= 0.3 is 0 Å². The van der Waals surface area contributed by atoms with Gasteiger partial charge in [0.15, 0.2) is 0 Å². The van der Waals surface area contributed by atoms with Gasteiger partial charge in [0.05, 0.1) is 16.3 Å². The van der Waals surface area contributed by atoms with E-state index in [0.29, 0.717) is 18.2 Å². The number of nitrogens with one attached hydrogen (secondary N) is 1. The Kier molecular flexibility index (Phi) is 4.29. The van der Waals surface area contributed by atoms with E-state index in [1.807, 2.05) is 36.2 Å². The van der Waals surface area contributed by atoms with Gasteiger partial charge in [0, 0.05) is 37.8 Å². The van der Waals surface area contributed by atoms with Crippen molar-refractivity contribution in [3.8, 4) is 11.3 Å². The Bertz CT molecular complexity index is 717. The van der Waals surface area contributed by atoms with Gasteiger partial charge in [0.2, 0.25) is 0 Å². The van der Waals surface area contributed by atoms with Gasteiger partial charge in [-0.25, -0.2) is 4.98 Å². The highest BCUT2D eigenvalue weighted by Gasteiger charge is 2.42. The normalized spacial score (nSPS) is 17.0. The summed E-state index contributed by atoms with van der Waals surface area (Å²) in [4.78, 5) is 17.0. The Morgan fingerprint density at radius 3 is 2.87 bits per heavy atom. The standard InChI is InChI=1S/C17H23N3O2S/c1-11-19-14(9-23-11)12-7-15(20(3)8-12)16(21)18-10-17(2,22-4)13-5-6-13/h7-9,13H,5-6,10H2,1-4H3,(H,18,21). The maximum absolute atomic E-state index is 12.5. The molecule has 2 heterocycles. The number of nitrogens with zero attached hydrogens (tertiary/aromatic N) is 2. The van der Waals surface area contributed by atoms with Crippen molar-refractivity contribution >= 4 is 17.2 Å². The second kappa shape index (κ2) is 6.09. The molecular formula is C17H23N3O2S. The van der Waals surface area contributed by atoms with Crippen LogP contribution >= 0.6 is 11.3 Å². The number of carbonyl (C=O) groups excluding carboxylic acids is 1. The summed E-state index contributed by atoms with van der Waals surface area (Å²) >= 11 is 1.61. The average molecular weight is 333 g/mol. The molecule has 1 unspecified atom stereocenters. The molecule has 2 aromatic rings. The monoisotopic (exact) mass is 333 g/mol. The van der Waals surface area contributed by atoms with E-state index in [-0.39, 0.29) is 11.5 Å². The van der Waals surface area contributed by atoms with E-state index in [2.05, 4.69) is 17.2 Å². The Morgan fingerprint density at radius 2 is 2.30 bits per heavy atom. The third-order valence-corrected chi connectivity index (χ3v) is 5.43. The molecule has 1 amide bonds. The van der Waals surface area contributed by atoms with E-state index in [1.165, 1.54) is 12.8 Å². The van der Waals surface area contributed by atoms with Crippen LogP contribution in [-0.2, 0) is 11.8 Å². The lowest BCUT2D eigenvalue weighted by Crippen LogP contribution is -2.44. The van der Waals surface area contributed by atoms with Crippen molar-refractivity contribution in [1.29, 1.82) is 0 Å². The molecule has 0 aliphatic heterocycles. The van der Waals surface area contributed by atoms with Crippen molar-refractivity contribution in [2.24, 2.45) is 13.0 Å². The lowest BCUT2D eigenvalue weighted by molar-refractivity contribution is -0.0113. The van der Waals surface area contributed by atoms with Crippen molar-refractivity contribution in [2.75, 3.05) is 13.7 Å². The predicted octanol–water partition coefficient (Wildman–Crippen LogP) is 3.00. The number of ether oxygens (including phenoxy) is 1. The fourth-order valence-corrected chi connectivity index (χ4v) is 3.47. The Morgan fingerprint density at radius 1 is 1.57 bits per heavy atom. The summed E-state index contributed by atoms with van der Waals surface area (Å²) in [5.74, 6) is 0.476. The highest BCUT2D eigenvalue weighted by Crippen LogP contribution is 2.41. The second-order valence-corrected chi connectivity index (χ2v) is 7.51. The van der Waals surface area contributed by atoms with Crippen molar-refractivity contribution in [1.82, 2.24) is 14.9 Å². The topological polar surface area (TPSA) is 56.1 Å². The third kappa shape index (κ3) is 3.33. The van der Waals surface area contributed by atoms with E-state index in [9.17, 15) is 4.79 Å². The molecule has 1 atom stereocenters. The summed E-state index contributed by atoms with van der Waals surface area (Å²) < 4.78 is 7.47. The molecule has 0 radical (unpaired) electrons. The van der Waals surface area contributed by atoms with E-state index >= 15 is 0 Å². The quantitative estimate of drug-likeness (QED) is 0.884. The van der Waals surface area contributed by atoms with Crippen LogP contribution in [0.25, 0.3) is 11.3 Å². The molecular weight excluding hydrogens is 310 g/mol. The minimum absolute atomic E-state index is 0.0744. The minimum atomic E-state index is -0.268. The Hall–Kier alpha value is -1.66. The third-order valence-electron chi connectivity index (χ3n) is 4.66. The zero-order valence-electron chi connectivity index (χ0n) is 14.0. The molecule has 1 aliphatic carbocycles. The van der Waals surface area contributed by atoms with Crippen LogP contribution in [0.3, 0.4) is 0 Å². The van der Waals surface area contributed by atoms with Crippen LogP contribution in [0, 0.1) is 12.8 Å². The SMILES string of the molecule is COC(C)(CNC(=O)c1cc(-c2csc(C)n2)cn1C)C1CC1. The van der Waals surface area contributed by atoms with Crippen LogP contribution < -0.4 is 5.32 Å². The van der Waals surface area contributed by atoms with E-state index in [0.717, 1.165) is 16.3 Å². The molecule has 1 N–H and O–H groups in total. The van der Waals surface area contributed by atoms with Crippen LogP contribution in [0.15, 0.2) is 17.6 Å². The van der Waals surface area contributed by atoms with Gasteiger partial charge in [-0.2, -0.15) is 0 Å². The second-order valence-electron chi connectivity index (χ2n) is 6.45. The molecule has 0 aromatic carbocycles. The summed E-state index contributed by atoms with van der Waals surface area (Å²) in [5, 5.41) is 6.06. The lowest BCUT2D eigenvalue weighted by Gasteiger charge is -2.28. The molecule has 0 saturated heterocycles. The van der Waals surface area contributed by atoms with Crippen molar-refractivity contribution < 1.29 is 9.53 Å². The maximum Gasteiger partial charge on any atom is 0.268 e. The molecule has 6 heteroatoms. The van der Waals surface area contributed by atoms with Gasteiger partial charge in [-0.3, -0.25) is 4.79 Å². The highest BCUT2D eigenvalue weighted by molar-refractivity contribution is 7.09. The first-order valence-corrected chi connectivity index (χ1v) is 8.73. The van der Waals surface area contributed by atoms with Gasteiger partial charge in [-0.15, -0.1) is 11.3 Å². The summed E-state index contributed by atoms with van der Waals surface area (Å²) in [6.45, 7) is 4.58. The first-order chi connectivity index (χ1) is 10.9. The number of aromatic nitrogens is 2. The number of amides is 1. The van der Waals surface area contributed by atoms with E-state index in [1.54, 1.807) is 18.4 Å². The van der Waals surface area contributed by atoms with Crippen LogP contribution in [-0.4, -0.2) is 34.7 Å². The highest BCUT2D eigenvalue weighted by atomic mass is 32.1. The van der Waals surface area contributed by atoms with Crippen LogP contribution in [0.5, 0.6) is 0 Å². The van der Waals surface area contributed by atoms with Gasteiger partial charge in [0.25, 0.3) is 5.91 Å². The number of thiazole rings is 1. The molecule has 3 rings (SSSR count). The first-order valence-electron chi connectivity index (χ1n) is 7.85. The molecule has 1 aliphatic rings. The van der Waals surface area contributed by atoms with Gasteiger partial charge in [-0.1, -0.05) is 0 Å². The van der Waals surface area contributed by atoms with E-state index < -0.39 is 0 Å². The number of carbonyl (C=O) groups is 1. The van der Waals surface area contributed by atoms with Gasteiger partial charge in [-0.05, 0) is 38.7 Å². The van der Waals surface area contributed by atoms with Crippen molar-refractivity contribution in [2.45, 2.75) is 32.3 Å². The Balaban J connectivity index is 1.71. The molecule has 5 nitrogen and oxygen atoms in total. The minimum Gasteiger partial charge on any atom is -0.376 e. The molecule has 124 valence electrons. The number of rotatable bonds is 6. The molecule has 23 heavy (non-hydrogen) atoms. The molecule has 0 spiro atoms. The lowest BCUT2D eigenvalue weighted by atomic mass is 10.0. The largest absolute Gasteiger partial charge is 0.376 e. The summed E-state index contributed by atoms with van der Waals surface area (Å²) in [7, 11) is 3.60. The number of hydrogen-bond acceptors (Lipinski definition) is 4. The van der Waals surface area contributed by atoms with Gasteiger partial charge < -0.3 is 14.6 Å². The van der Waals surface area contributed by atoms with Crippen LogP contribution in [0.2, 0.25) is 0 Å². The zero-order valence-corrected chi connectivity index (χ0v) is 14.9. The molecule has 1 saturated carbocycles. The summed E-state index contributed by atoms with van der Waals surface area (Å²) in [5.41, 5.74) is 2.26. The van der Waals surface area contributed by atoms with Crippen LogP contribution in [0.4, 0.5) is 0 Å². The zero-order chi connectivity index (χ0) is 16.6. The molecule has 1 fully saturated rings. The summed E-state index contributed by atoms with van der Waals surface area (Å²) in [6, 6.07) is 1.89. The predicted molar refractivity (Wildman–Crippen MR) is 91.7 cm³/mol. The number of methoxy groups -OCH3 is 1. The smallest absolute Gasteiger partial charge is 0.268 e. The Labute approximate surface area is 140 Å². The average Bonchev–Trinajstić information content (AvgIpc) is 3.20. The van der Waals surface area contributed by atoms with E-state index in [4.69, 9.17) is 4.74 Å². The molecule has 0 bridgehead atoms. The van der Waals surface area contributed by atoms with Crippen molar-refractivity contribution in [3.05, 3.63) is 28.3 Å².